The van der Waals surface area contributed by atoms with Gasteiger partial charge < -0.3 is 32.5 Å². The Morgan fingerprint density at radius 3 is 2.71 bits per heavy atom. The number of halogens is 1. The molecule has 0 radical (unpaired) electrons. The normalized spacial score (nSPS) is 12.1. The van der Waals surface area contributed by atoms with E-state index < -0.39 is 6.10 Å². The number of nitrogens with zero attached hydrogens (tertiary/aromatic N) is 4. The molecule has 0 aliphatic carbocycles. The highest BCUT2D eigenvalue weighted by Crippen LogP contribution is 2.16. The van der Waals surface area contributed by atoms with E-state index >= 15 is 0 Å². The van der Waals surface area contributed by atoms with Gasteiger partial charge >= 0.3 is 5.69 Å². The van der Waals surface area contributed by atoms with Crippen molar-refractivity contribution < 1.29 is 27.9 Å². The van der Waals surface area contributed by atoms with Crippen molar-refractivity contribution >= 4 is 11.2 Å². The zero-order valence-corrected chi connectivity index (χ0v) is 16.5. The van der Waals surface area contributed by atoms with Crippen LogP contribution in [0, 0.1) is 0 Å². The van der Waals surface area contributed by atoms with E-state index in [1.165, 1.54) is 21.5 Å². The number of phenolic OH excluding ortho intramolecular Hbond substituents is 1. The SMILES string of the molecule is Cn1cnc2c1c(=O)n(CCC[NH2+]CC(O)c1cccc(O)c1)c(=O)n2C.[Cl-]. The maximum atomic E-state index is 12.6. The smallest absolute Gasteiger partial charge is 0.332 e. The number of aromatic hydroxyl groups is 1. The number of hydrogen-bond donors (Lipinski definition) is 3. The van der Waals surface area contributed by atoms with Crippen LogP contribution in [0.2, 0.25) is 0 Å². The van der Waals surface area contributed by atoms with Crippen LogP contribution < -0.4 is 29.0 Å². The second-order valence-corrected chi connectivity index (χ2v) is 6.60. The summed E-state index contributed by atoms with van der Waals surface area (Å²) >= 11 is 0. The van der Waals surface area contributed by atoms with Gasteiger partial charge in [-0.25, -0.2) is 9.78 Å². The van der Waals surface area contributed by atoms with Gasteiger partial charge in [0.2, 0.25) is 0 Å². The minimum absolute atomic E-state index is 0. The number of phenols is 1. The van der Waals surface area contributed by atoms with E-state index in [4.69, 9.17) is 0 Å². The number of aliphatic hydroxyl groups excluding tert-OH is 1. The quantitative estimate of drug-likeness (QED) is 0.342. The van der Waals surface area contributed by atoms with Crippen LogP contribution in [0.1, 0.15) is 18.1 Å². The fourth-order valence-electron chi connectivity index (χ4n) is 3.13. The lowest BCUT2D eigenvalue weighted by molar-refractivity contribution is -0.662. The summed E-state index contributed by atoms with van der Waals surface area (Å²) in [6.45, 7) is 1.37. The van der Waals surface area contributed by atoms with Gasteiger partial charge in [-0.3, -0.25) is 13.9 Å². The van der Waals surface area contributed by atoms with Crippen molar-refractivity contribution in [3.8, 4) is 5.75 Å². The Morgan fingerprint density at radius 1 is 1.25 bits per heavy atom. The minimum Gasteiger partial charge on any atom is -1.00 e. The lowest BCUT2D eigenvalue weighted by Gasteiger charge is -2.11. The molecule has 0 aliphatic rings. The Morgan fingerprint density at radius 2 is 2.00 bits per heavy atom. The summed E-state index contributed by atoms with van der Waals surface area (Å²) in [7, 11) is 3.33. The van der Waals surface area contributed by atoms with E-state index in [1.807, 2.05) is 5.32 Å². The first-order valence-corrected chi connectivity index (χ1v) is 8.79. The van der Waals surface area contributed by atoms with Gasteiger partial charge in [0.05, 0.1) is 12.9 Å². The van der Waals surface area contributed by atoms with Gasteiger partial charge in [0.25, 0.3) is 5.56 Å². The number of nitrogens with two attached hydrogens (primary N) is 1. The monoisotopic (exact) mass is 409 g/mol. The van der Waals surface area contributed by atoms with Gasteiger partial charge in [-0.1, -0.05) is 12.1 Å². The van der Waals surface area contributed by atoms with Crippen LogP contribution in [0.25, 0.3) is 11.2 Å². The molecule has 2 heterocycles. The Bertz CT molecular complexity index is 1070. The highest BCUT2D eigenvalue weighted by atomic mass is 35.5. The molecular formula is C18H24ClN5O4. The molecule has 152 valence electrons. The van der Waals surface area contributed by atoms with Gasteiger partial charge in [-0.2, -0.15) is 0 Å². The summed E-state index contributed by atoms with van der Waals surface area (Å²) in [5.41, 5.74) is 0.710. The molecule has 0 bridgehead atoms. The molecule has 10 heteroatoms. The molecule has 28 heavy (non-hydrogen) atoms. The number of aromatic nitrogens is 4. The molecule has 0 amide bonds. The second kappa shape index (κ2) is 9.05. The summed E-state index contributed by atoms with van der Waals surface area (Å²) in [6.07, 6.45) is 1.43. The molecule has 1 aromatic carbocycles. The predicted octanol–water partition coefficient (Wildman–Crippen LogP) is -4.17. The van der Waals surface area contributed by atoms with Crippen LogP contribution >= 0.6 is 0 Å². The Hall–Kier alpha value is -2.62. The van der Waals surface area contributed by atoms with Gasteiger partial charge in [0, 0.05) is 27.1 Å². The largest absolute Gasteiger partial charge is 1.00 e. The molecule has 1 unspecified atom stereocenters. The number of benzene rings is 1. The number of hydrogen-bond acceptors (Lipinski definition) is 5. The molecule has 0 fully saturated rings. The molecule has 3 aromatic rings. The molecule has 0 saturated carbocycles. The lowest BCUT2D eigenvalue weighted by Crippen LogP contribution is -3.00. The van der Waals surface area contributed by atoms with Crippen LogP contribution in [0.5, 0.6) is 5.75 Å². The Balaban J connectivity index is 0.00000280. The summed E-state index contributed by atoms with van der Waals surface area (Å²) in [6, 6.07) is 6.53. The second-order valence-electron chi connectivity index (χ2n) is 6.60. The number of quaternary nitrogens is 1. The highest BCUT2D eigenvalue weighted by molar-refractivity contribution is 5.69. The van der Waals surface area contributed by atoms with E-state index in [0.717, 1.165) is 0 Å². The van der Waals surface area contributed by atoms with Crippen molar-refractivity contribution in [1.82, 2.24) is 18.7 Å². The van der Waals surface area contributed by atoms with Crippen LogP contribution in [0.3, 0.4) is 0 Å². The van der Waals surface area contributed by atoms with Crippen molar-refractivity contribution in [1.29, 1.82) is 0 Å². The van der Waals surface area contributed by atoms with Crippen molar-refractivity contribution in [2.45, 2.75) is 19.1 Å². The average Bonchev–Trinajstić information content (AvgIpc) is 3.04. The van der Waals surface area contributed by atoms with E-state index in [-0.39, 0.29) is 29.4 Å². The topological polar surface area (TPSA) is 119 Å². The molecular weight excluding hydrogens is 386 g/mol. The molecule has 0 saturated heterocycles. The third-order valence-electron chi connectivity index (χ3n) is 4.64. The van der Waals surface area contributed by atoms with E-state index in [0.29, 0.717) is 42.8 Å². The standard InChI is InChI=1S/C18H23N5O4.ClH/c1-21-11-20-16-15(21)17(26)23(18(27)22(16)2)8-4-7-19-10-14(25)12-5-3-6-13(24)9-12;/h3,5-6,9,11,14,19,24-25H,4,7-8,10H2,1-2H3;1H. The van der Waals surface area contributed by atoms with Gasteiger partial charge in [-0.15, -0.1) is 0 Å². The van der Waals surface area contributed by atoms with Crippen molar-refractivity contribution in [2.75, 3.05) is 13.1 Å². The number of aryl methyl sites for hydroxylation is 2. The number of imidazole rings is 1. The Labute approximate surface area is 167 Å². The molecule has 0 spiro atoms. The fraction of sp³-hybridized carbons (Fsp3) is 0.389. The first-order chi connectivity index (χ1) is 12.9. The Kier molecular flexibility index (Phi) is 7.00. The highest BCUT2D eigenvalue weighted by Gasteiger charge is 2.15. The summed E-state index contributed by atoms with van der Waals surface area (Å²) in [4.78, 5) is 29.1. The lowest BCUT2D eigenvalue weighted by atomic mass is 10.1. The van der Waals surface area contributed by atoms with Crippen LogP contribution in [0.15, 0.2) is 40.2 Å². The summed E-state index contributed by atoms with van der Waals surface area (Å²) in [5.74, 6) is 0.118. The third-order valence-corrected chi connectivity index (χ3v) is 4.64. The first-order valence-electron chi connectivity index (χ1n) is 8.79. The summed E-state index contributed by atoms with van der Waals surface area (Å²) < 4.78 is 4.22. The van der Waals surface area contributed by atoms with E-state index in [9.17, 15) is 19.8 Å². The fourth-order valence-corrected chi connectivity index (χ4v) is 3.13. The number of fused-ring (bicyclic) bond motifs is 1. The maximum absolute atomic E-state index is 12.6. The van der Waals surface area contributed by atoms with Crippen molar-refractivity contribution in [2.24, 2.45) is 14.1 Å². The molecule has 0 aliphatic heterocycles. The average molecular weight is 410 g/mol. The number of rotatable bonds is 7. The first kappa shape index (κ1) is 21.7. The van der Waals surface area contributed by atoms with Gasteiger partial charge in [-0.05, 0) is 17.7 Å². The molecule has 4 N–H and O–H groups in total. The minimum atomic E-state index is -0.696. The summed E-state index contributed by atoms with van der Waals surface area (Å²) in [5, 5.41) is 21.5. The van der Waals surface area contributed by atoms with Crippen LogP contribution in [-0.4, -0.2) is 42.0 Å². The molecule has 9 nitrogen and oxygen atoms in total. The van der Waals surface area contributed by atoms with Gasteiger partial charge in [0.1, 0.15) is 18.4 Å². The zero-order valence-electron chi connectivity index (χ0n) is 15.7. The molecule has 1 atom stereocenters. The van der Waals surface area contributed by atoms with E-state index in [1.54, 1.807) is 36.9 Å². The third kappa shape index (κ3) is 4.27. The van der Waals surface area contributed by atoms with E-state index in [2.05, 4.69) is 4.98 Å². The van der Waals surface area contributed by atoms with Crippen LogP contribution in [-0.2, 0) is 20.6 Å². The van der Waals surface area contributed by atoms with Crippen molar-refractivity contribution in [3.63, 3.8) is 0 Å². The predicted molar refractivity (Wildman–Crippen MR) is 99.6 cm³/mol. The number of aliphatic hydroxyl groups is 1. The molecule has 3 rings (SSSR count). The van der Waals surface area contributed by atoms with Crippen LogP contribution in [0.4, 0.5) is 0 Å². The maximum Gasteiger partial charge on any atom is 0.332 e. The zero-order chi connectivity index (χ0) is 19.6. The van der Waals surface area contributed by atoms with Gasteiger partial charge in [0.15, 0.2) is 11.2 Å². The van der Waals surface area contributed by atoms with Crippen molar-refractivity contribution in [3.05, 3.63) is 57.0 Å². The molecule has 2 aromatic heterocycles.